The first-order valence-electron chi connectivity index (χ1n) is 7.56. The average molecular weight is 275 g/mol. The Balaban J connectivity index is 1.56. The third-order valence-electron chi connectivity index (χ3n) is 3.98. The van der Waals surface area contributed by atoms with Crippen LogP contribution in [0.25, 0.3) is 10.8 Å². The van der Waals surface area contributed by atoms with Gasteiger partial charge in [-0.3, -0.25) is 0 Å². The van der Waals surface area contributed by atoms with Crippen molar-refractivity contribution in [1.82, 2.24) is 5.32 Å². The summed E-state index contributed by atoms with van der Waals surface area (Å²) in [5.41, 5.74) is 4.16. The molecule has 3 aromatic rings. The Hall–Kier alpha value is -2.12. The van der Waals surface area contributed by atoms with Gasteiger partial charge in [0.05, 0.1) is 0 Å². The molecule has 0 aliphatic rings. The Bertz CT molecular complexity index is 730. The smallest absolute Gasteiger partial charge is 0.0205 e. The van der Waals surface area contributed by atoms with Crippen molar-refractivity contribution in [3.05, 3.63) is 83.4 Å². The Morgan fingerprint density at radius 1 is 0.810 bits per heavy atom. The molecule has 0 saturated carbocycles. The van der Waals surface area contributed by atoms with E-state index in [2.05, 4.69) is 79.0 Å². The van der Waals surface area contributed by atoms with Gasteiger partial charge in [0.15, 0.2) is 0 Å². The van der Waals surface area contributed by atoms with Crippen LogP contribution < -0.4 is 5.32 Å². The lowest BCUT2D eigenvalue weighted by Crippen LogP contribution is -2.17. The monoisotopic (exact) mass is 275 g/mol. The Labute approximate surface area is 126 Å². The van der Waals surface area contributed by atoms with Crippen LogP contribution in [0.5, 0.6) is 0 Å². The van der Waals surface area contributed by atoms with Gasteiger partial charge in [-0.05, 0) is 53.4 Å². The van der Waals surface area contributed by atoms with Crippen LogP contribution in [-0.4, -0.2) is 6.54 Å². The summed E-state index contributed by atoms with van der Waals surface area (Å²) >= 11 is 0. The number of aryl methyl sites for hydroxylation is 1. The van der Waals surface area contributed by atoms with Crippen molar-refractivity contribution in [2.75, 3.05) is 6.54 Å². The first-order valence-corrected chi connectivity index (χ1v) is 7.56. The lowest BCUT2D eigenvalue weighted by atomic mass is 10.1. The highest BCUT2D eigenvalue weighted by Gasteiger charge is 1.98. The second kappa shape index (κ2) is 6.55. The fourth-order valence-corrected chi connectivity index (χ4v) is 2.70. The highest BCUT2D eigenvalue weighted by molar-refractivity contribution is 5.82. The van der Waals surface area contributed by atoms with Crippen LogP contribution in [0.15, 0.2) is 66.7 Å². The summed E-state index contributed by atoms with van der Waals surface area (Å²) < 4.78 is 0. The van der Waals surface area contributed by atoms with E-state index >= 15 is 0 Å². The minimum atomic E-state index is 0.927. The predicted molar refractivity (Wildman–Crippen MR) is 90.5 cm³/mol. The second-order valence-electron chi connectivity index (χ2n) is 5.53. The number of rotatable bonds is 5. The first-order chi connectivity index (χ1) is 10.3. The molecule has 0 unspecified atom stereocenters. The molecule has 0 fully saturated rings. The molecule has 0 spiro atoms. The molecule has 0 heterocycles. The highest BCUT2D eigenvalue weighted by Crippen LogP contribution is 2.15. The molecule has 0 radical (unpaired) electrons. The van der Waals surface area contributed by atoms with Gasteiger partial charge in [-0.25, -0.2) is 0 Å². The lowest BCUT2D eigenvalue weighted by Gasteiger charge is -2.08. The summed E-state index contributed by atoms with van der Waals surface area (Å²) in [6.45, 7) is 4.12. The van der Waals surface area contributed by atoms with Crippen LogP contribution in [0.4, 0.5) is 0 Å². The summed E-state index contributed by atoms with van der Waals surface area (Å²) in [5.74, 6) is 0. The zero-order chi connectivity index (χ0) is 14.5. The van der Waals surface area contributed by atoms with Crippen molar-refractivity contribution in [3.8, 4) is 0 Å². The molecule has 0 aliphatic heterocycles. The number of benzene rings is 3. The number of nitrogens with one attached hydrogen (secondary N) is 1. The van der Waals surface area contributed by atoms with E-state index in [-0.39, 0.29) is 0 Å². The molecule has 21 heavy (non-hydrogen) atoms. The minimum Gasteiger partial charge on any atom is -0.312 e. The van der Waals surface area contributed by atoms with Crippen LogP contribution >= 0.6 is 0 Å². The number of hydrogen-bond donors (Lipinski definition) is 1. The largest absolute Gasteiger partial charge is 0.312 e. The average Bonchev–Trinajstić information content (AvgIpc) is 2.53. The standard InChI is InChI=1S/C20H21N/c1-16-6-2-3-7-18(16)12-13-21-15-17-10-11-19-8-4-5-9-20(19)14-17/h2-11,14,21H,12-13,15H2,1H3. The van der Waals surface area contributed by atoms with Gasteiger partial charge < -0.3 is 5.32 Å². The Morgan fingerprint density at radius 3 is 2.43 bits per heavy atom. The van der Waals surface area contributed by atoms with Gasteiger partial charge in [-0.2, -0.15) is 0 Å². The topological polar surface area (TPSA) is 12.0 Å². The summed E-state index contributed by atoms with van der Waals surface area (Å²) in [4.78, 5) is 0. The summed E-state index contributed by atoms with van der Waals surface area (Å²) in [6.07, 6.45) is 1.08. The van der Waals surface area contributed by atoms with Crippen LogP contribution in [-0.2, 0) is 13.0 Å². The fraction of sp³-hybridized carbons (Fsp3) is 0.200. The molecule has 1 N–H and O–H groups in total. The molecule has 0 aliphatic carbocycles. The zero-order valence-corrected chi connectivity index (χ0v) is 12.5. The van der Waals surface area contributed by atoms with Gasteiger partial charge >= 0.3 is 0 Å². The maximum atomic E-state index is 3.54. The second-order valence-corrected chi connectivity index (χ2v) is 5.53. The van der Waals surface area contributed by atoms with Crippen LogP contribution in [0.3, 0.4) is 0 Å². The SMILES string of the molecule is Cc1ccccc1CCNCc1ccc2ccccc2c1. The van der Waals surface area contributed by atoms with E-state index in [9.17, 15) is 0 Å². The van der Waals surface area contributed by atoms with E-state index in [1.165, 1.54) is 27.5 Å². The van der Waals surface area contributed by atoms with Crippen LogP contribution in [0.1, 0.15) is 16.7 Å². The van der Waals surface area contributed by atoms with E-state index in [1.807, 2.05) is 0 Å². The van der Waals surface area contributed by atoms with Gasteiger partial charge in [-0.15, -0.1) is 0 Å². The predicted octanol–water partition coefficient (Wildman–Crippen LogP) is 4.48. The number of hydrogen-bond acceptors (Lipinski definition) is 1. The molecule has 0 saturated heterocycles. The van der Waals surface area contributed by atoms with Crippen molar-refractivity contribution >= 4 is 10.8 Å². The summed E-state index contributed by atoms with van der Waals surface area (Å²) in [5, 5.41) is 6.16. The summed E-state index contributed by atoms with van der Waals surface area (Å²) in [7, 11) is 0. The molecule has 3 aromatic carbocycles. The van der Waals surface area contributed by atoms with Gasteiger partial charge in [0.1, 0.15) is 0 Å². The molecule has 1 nitrogen and oxygen atoms in total. The molecular formula is C20H21N. The van der Waals surface area contributed by atoms with Gasteiger partial charge in [0, 0.05) is 6.54 Å². The summed E-state index contributed by atoms with van der Waals surface area (Å²) in [6, 6.07) is 23.8. The Morgan fingerprint density at radius 2 is 1.57 bits per heavy atom. The number of fused-ring (bicyclic) bond motifs is 1. The third-order valence-corrected chi connectivity index (χ3v) is 3.98. The van der Waals surface area contributed by atoms with E-state index in [4.69, 9.17) is 0 Å². The molecule has 0 amide bonds. The molecule has 106 valence electrons. The molecule has 1 heteroatoms. The molecule has 3 rings (SSSR count). The van der Waals surface area contributed by atoms with Crippen LogP contribution in [0, 0.1) is 6.92 Å². The van der Waals surface area contributed by atoms with Crippen molar-refractivity contribution < 1.29 is 0 Å². The van der Waals surface area contributed by atoms with Crippen molar-refractivity contribution in [2.45, 2.75) is 19.9 Å². The molecule has 0 bridgehead atoms. The molecular weight excluding hydrogens is 254 g/mol. The zero-order valence-electron chi connectivity index (χ0n) is 12.5. The Kier molecular flexibility index (Phi) is 4.32. The van der Waals surface area contributed by atoms with Gasteiger partial charge in [-0.1, -0.05) is 60.7 Å². The highest BCUT2D eigenvalue weighted by atomic mass is 14.8. The minimum absolute atomic E-state index is 0.927. The lowest BCUT2D eigenvalue weighted by molar-refractivity contribution is 0.686. The van der Waals surface area contributed by atoms with E-state index in [0.717, 1.165) is 19.5 Å². The van der Waals surface area contributed by atoms with Crippen molar-refractivity contribution in [2.24, 2.45) is 0 Å². The third kappa shape index (κ3) is 3.50. The normalized spacial score (nSPS) is 10.9. The van der Waals surface area contributed by atoms with E-state index in [0.29, 0.717) is 0 Å². The maximum Gasteiger partial charge on any atom is 0.0205 e. The van der Waals surface area contributed by atoms with Crippen LogP contribution in [0.2, 0.25) is 0 Å². The van der Waals surface area contributed by atoms with Gasteiger partial charge in [0.2, 0.25) is 0 Å². The van der Waals surface area contributed by atoms with E-state index in [1.54, 1.807) is 0 Å². The first kappa shape index (κ1) is 13.8. The maximum absolute atomic E-state index is 3.54. The van der Waals surface area contributed by atoms with Crippen molar-refractivity contribution in [1.29, 1.82) is 0 Å². The van der Waals surface area contributed by atoms with Gasteiger partial charge in [0.25, 0.3) is 0 Å². The quantitative estimate of drug-likeness (QED) is 0.677. The van der Waals surface area contributed by atoms with E-state index < -0.39 is 0 Å². The molecule has 0 aromatic heterocycles. The van der Waals surface area contributed by atoms with Crippen molar-refractivity contribution in [3.63, 3.8) is 0 Å². The fourth-order valence-electron chi connectivity index (χ4n) is 2.70. The molecule has 0 atom stereocenters.